The summed E-state index contributed by atoms with van der Waals surface area (Å²) in [6.45, 7) is 6.79. The zero-order valence-electron chi connectivity index (χ0n) is 17.7. The Labute approximate surface area is 183 Å². The van der Waals surface area contributed by atoms with E-state index in [1.165, 1.54) is 0 Å². The van der Waals surface area contributed by atoms with Gasteiger partial charge in [0.25, 0.3) is 5.56 Å². The zero-order chi connectivity index (χ0) is 21.5. The van der Waals surface area contributed by atoms with Gasteiger partial charge in [-0.2, -0.15) is 4.98 Å². The molecule has 1 saturated heterocycles. The highest BCUT2D eigenvalue weighted by Gasteiger charge is 2.26. The lowest BCUT2D eigenvalue weighted by atomic mass is 9.98. The van der Waals surface area contributed by atoms with Crippen molar-refractivity contribution in [2.24, 2.45) is 0 Å². The fourth-order valence-corrected chi connectivity index (χ4v) is 4.72. The van der Waals surface area contributed by atoms with Crippen molar-refractivity contribution < 1.29 is 4.52 Å². The second kappa shape index (κ2) is 8.01. The number of aromatic nitrogens is 6. The number of piperidine rings is 1. The molecule has 1 atom stereocenters. The molecule has 10 heteroatoms. The summed E-state index contributed by atoms with van der Waals surface area (Å²) in [7, 11) is 0. The van der Waals surface area contributed by atoms with Crippen molar-refractivity contribution in [3.05, 3.63) is 51.1 Å². The van der Waals surface area contributed by atoms with E-state index in [0.29, 0.717) is 40.9 Å². The van der Waals surface area contributed by atoms with Crippen LogP contribution in [0.2, 0.25) is 0 Å². The first kappa shape index (κ1) is 20.1. The maximum Gasteiger partial charge on any atom is 0.262 e. The molecule has 1 aliphatic rings. The predicted octanol–water partition coefficient (Wildman–Crippen LogP) is 3.12. The Morgan fingerprint density at radius 3 is 2.90 bits per heavy atom. The fraction of sp³-hybridized carbons (Fsp3) is 0.476. The van der Waals surface area contributed by atoms with E-state index in [1.54, 1.807) is 4.57 Å². The number of aryl methyl sites for hydroxylation is 2. The third-order valence-corrected chi connectivity index (χ3v) is 6.26. The topological polar surface area (TPSA) is 86.4 Å². The molecule has 0 saturated carbocycles. The van der Waals surface area contributed by atoms with Crippen LogP contribution in [-0.4, -0.2) is 46.9 Å². The number of rotatable bonds is 5. The van der Waals surface area contributed by atoms with Gasteiger partial charge in [-0.15, -0.1) is 5.10 Å². The average Bonchev–Trinajstić information content (AvgIpc) is 3.35. The molecule has 0 spiro atoms. The molecule has 4 aromatic rings. The second-order valence-electron chi connectivity index (χ2n) is 8.13. The summed E-state index contributed by atoms with van der Waals surface area (Å²) < 4.78 is 11.5. The van der Waals surface area contributed by atoms with Gasteiger partial charge in [0.15, 0.2) is 5.82 Å². The molecule has 0 amide bonds. The number of likely N-dealkylation sites (tertiary alicyclic amines) is 1. The van der Waals surface area contributed by atoms with Gasteiger partial charge >= 0.3 is 0 Å². The Kier molecular flexibility index (Phi) is 5.19. The van der Waals surface area contributed by atoms with Crippen LogP contribution in [0.1, 0.15) is 43.8 Å². The van der Waals surface area contributed by atoms with E-state index >= 15 is 0 Å². The largest absolute Gasteiger partial charge is 0.339 e. The van der Waals surface area contributed by atoms with E-state index in [2.05, 4.69) is 22.0 Å². The number of hydrogen-bond acceptors (Lipinski definition) is 7. The number of para-hydroxylation sites is 1. The van der Waals surface area contributed by atoms with Crippen molar-refractivity contribution in [3.63, 3.8) is 0 Å². The van der Waals surface area contributed by atoms with Crippen molar-refractivity contribution in [2.45, 2.75) is 52.2 Å². The first-order valence-electron chi connectivity index (χ1n) is 10.7. The van der Waals surface area contributed by atoms with Gasteiger partial charge in [0.2, 0.25) is 16.4 Å². The minimum atomic E-state index is -0.0260. The molecule has 1 aliphatic heterocycles. The van der Waals surface area contributed by atoms with Gasteiger partial charge in [0, 0.05) is 13.1 Å². The molecule has 4 heterocycles. The molecular formula is C21H25N7O2S. The Morgan fingerprint density at radius 1 is 1.29 bits per heavy atom. The quantitative estimate of drug-likeness (QED) is 0.442. The third-order valence-electron chi connectivity index (χ3n) is 5.86. The fourth-order valence-electron chi connectivity index (χ4n) is 4.44. The Balaban J connectivity index is 1.54. The second-order valence-corrected chi connectivity index (χ2v) is 8.49. The third kappa shape index (κ3) is 3.49. The molecule has 0 aliphatic carbocycles. The molecule has 31 heavy (non-hydrogen) atoms. The van der Waals surface area contributed by atoms with Crippen LogP contribution in [-0.2, 0) is 13.2 Å². The van der Waals surface area contributed by atoms with Crippen LogP contribution in [0.3, 0.4) is 0 Å². The highest BCUT2D eigenvalue weighted by atomic mass is 32.1. The number of benzene rings is 1. The minimum absolute atomic E-state index is 0.0260. The lowest BCUT2D eigenvalue weighted by molar-refractivity contribution is 0.143. The van der Waals surface area contributed by atoms with Crippen LogP contribution in [0.4, 0.5) is 0 Å². The molecular weight excluding hydrogens is 414 g/mol. The summed E-state index contributed by atoms with van der Waals surface area (Å²) in [5.74, 6) is 2.16. The predicted molar refractivity (Wildman–Crippen MR) is 119 cm³/mol. The van der Waals surface area contributed by atoms with Gasteiger partial charge in [-0.3, -0.25) is 18.7 Å². The molecule has 3 aromatic heterocycles. The summed E-state index contributed by atoms with van der Waals surface area (Å²) >= 11 is 5.82. The van der Waals surface area contributed by atoms with Crippen molar-refractivity contribution in [1.29, 1.82) is 0 Å². The molecule has 1 aromatic carbocycles. The van der Waals surface area contributed by atoms with Crippen LogP contribution in [0, 0.1) is 11.7 Å². The maximum absolute atomic E-state index is 13.1. The number of hydrogen-bond donors (Lipinski definition) is 0. The van der Waals surface area contributed by atoms with Gasteiger partial charge in [0.05, 0.1) is 23.5 Å². The van der Waals surface area contributed by atoms with Crippen LogP contribution in [0.15, 0.2) is 33.6 Å². The summed E-state index contributed by atoms with van der Waals surface area (Å²) in [6.07, 6.45) is 2.90. The van der Waals surface area contributed by atoms with Crippen LogP contribution >= 0.6 is 12.2 Å². The van der Waals surface area contributed by atoms with Crippen LogP contribution in [0.25, 0.3) is 16.7 Å². The van der Waals surface area contributed by atoms with E-state index in [1.807, 2.05) is 40.3 Å². The maximum atomic E-state index is 13.1. The summed E-state index contributed by atoms with van der Waals surface area (Å²) in [5, 5.41) is 9.37. The molecule has 9 nitrogen and oxygen atoms in total. The van der Waals surface area contributed by atoms with Crippen molar-refractivity contribution in [3.8, 4) is 0 Å². The van der Waals surface area contributed by atoms with Crippen molar-refractivity contribution in [1.82, 2.24) is 33.8 Å². The SMILES string of the molecule is CCCn1c(=O)c2ccccc2n2c(=S)n(CN3CCCC(c4nc(C)no4)C3)nc12. The molecule has 1 unspecified atom stereocenters. The summed E-state index contributed by atoms with van der Waals surface area (Å²) in [5.41, 5.74) is 0.769. The summed E-state index contributed by atoms with van der Waals surface area (Å²) in [4.78, 5) is 19.8. The molecule has 0 bridgehead atoms. The molecule has 162 valence electrons. The van der Waals surface area contributed by atoms with Crippen LogP contribution < -0.4 is 5.56 Å². The Hall–Kier alpha value is -2.85. The van der Waals surface area contributed by atoms with E-state index < -0.39 is 0 Å². The molecule has 1 fully saturated rings. The highest BCUT2D eigenvalue weighted by Crippen LogP contribution is 2.26. The zero-order valence-corrected chi connectivity index (χ0v) is 18.5. The van der Waals surface area contributed by atoms with Crippen molar-refractivity contribution >= 4 is 28.9 Å². The van der Waals surface area contributed by atoms with Gasteiger partial charge < -0.3 is 4.52 Å². The van der Waals surface area contributed by atoms with Crippen LogP contribution in [0.5, 0.6) is 0 Å². The molecule has 0 N–H and O–H groups in total. The number of nitrogens with zero attached hydrogens (tertiary/aromatic N) is 7. The monoisotopic (exact) mass is 439 g/mol. The number of fused-ring (bicyclic) bond motifs is 3. The normalized spacial score (nSPS) is 17.7. The Bertz CT molecular complexity index is 1370. The molecule has 0 radical (unpaired) electrons. The lowest BCUT2D eigenvalue weighted by Crippen LogP contribution is -2.36. The van der Waals surface area contributed by atoms with Gasteiger partial charge in [-0.25, -0.2) is 4.68 Å². The van der Waals surface area contributed by atoms with E-state index in [0.717, 1.165) is 37.9 Å². The average molecular weight is 440 g/mol. The van der Waals surface area contributed by atoms with Gasteiger partial charge in [0.1, 0.15) is 0 Å². The first-order chi connectivity index (χ1) is 15.1. The van der Waals surface area contributed by atoms with Gasteiger partial charge in [-0.1, -0.05) is 24.2 Å². The Morgan fingerprint density at radius 2 is 2.13 bits per heavy atom. The molecule has 5 rings (SSSR count). The highest BCUT2D eigenvalue weighted by molar-refractivity contribution is 7.71. The van der Waals surface area contributed by atoms with Gasteiger partial charge in [-0.05, 0) is 57.1 Å². The first-order valence-corrected chi connectivity index (χ1v) is 11.1. The lowest BCUT2D eigenvalue weighted by Gasteiger charge is -2.30. The summed E-state index contributed by atoms with van der Waals surface area (Å²) in [6, 6.07) is 7.58. The minimum Gasteiger partial charge on any atom is -0.339 e. The van der Waals surface area contributed by atoms with E-state index in [-0.39, 0.29) is 11.5 Å². The van der Waals surface area contributed by atoms with E-state index in [4.69, 9.17) is 21.8 Å². The standard InChI is InChI=1S/C21H25N7O2S/c1-3-10-26-19(29)16-8-4-5-9-17(16)28-20(26)23-27(21(28)31)13-25-11-6-7-15(12-25)18-22-14(2)24-30-18/h4-5,8-9,15H,3,6-7,10-13H2,1-2H3. The van der Waals surface area contributed by atoms with Crippen molar-refractivity contribution in [2.75, 3.05) is 13.1 Å². The van der Waals surface area contributed by atoms with E-state index in [9.17, 15) is 4.79 Å². The smallest absolute Gasteiger partial charge is 0.262 e.